The lowest BCUT2D eigenvalue weighted by Gasteiger charge is -2.06. The second kappa shape index (κ2) is 8.26. The van der Waals surface area contributed by atoms with Crippen LogP contribution in [0.4, 0.5) is 5.69 Å². The van der Waals surface area contributed by atoms with Gasteiger partial charge in [-0.15, -0.1) is 0 Å². The Morgan fingerprint density at radius 3 is 2.43 bits per heavy atom. The molecular formula is C20H19N5O3. The first-order valence-electron chi connectivity index (χ1n) is 8.60. The van der Waals surface area contributed by atoms with Gasteiger partial charge in [0, 0.05) is 23.4 Å². The Bertz CT molecular complexity index is 1020. The molecule has 8 heteroatoms. The highest BCUT2D eigenvalue weighted by atomic mass is 16.6. The van der Waals surface area contributed by atoms with Crippen LogP contribution in [0.1, 0.15) is 32.9 Å². The van der Waals surface area contributed by atoms with E-state index in [-0.39, 0.29) is 11.6 Å². The number of nitro groups is 1. The first kappa shape index (κ1) is 19.0. The van der Waals surface area contributed by atoms with Crippen molar-refractivity contribution in [2.45, 2.75) is 20.4 Å². The third kappa shape index (κ3) is 4.67. The molecule has 1 aromatic heterocycles. The van der Waals surface area contributed by atoms with Crippen LogP contribution >= 0.6 is 0 Å². The van der Waals surface area contributed by atoms with E-state index in [9.17, 15) is 14.9 Å². The van der Waals surface area contributed by atoms with Gasteiger partial charge in [0.2, 0.25) is 0 Å². The fraction of sp³-hybridized carbons (Fsp3) is 0.150. The van der Waals surface area contributed by atoms with Crippen molar-refractivity contribution < 1.29 is 9.72 Å². The van der Waals surface area contributed by atoms with Gasteiger partial charge in [0.1, 0.15) is 0 Å². The molecule has 2 aromatic carbocycles. The zero-order valence-electron chi connectivity index (χ0n) is 15.5. The van der Waals surface area contributed by atoms with Crippen molar-refractivity contribution in [2.75, 3.05) is 0 Å². The van der Waals surface area contributed by atoms with E-state index in [4.69, 9.17) is 0 Å². The zero-order valence-corrected chi connectivity index (χ0v) is 15.5. The van der Waals surface area contributed by atoms with Gasteiger partial charge in [-0.1, -0.05) is 12.1 Å². The standard InChI is InChI=1S/C20H19N5O3/c1-14-11-15(2)24(23-14)13-17-3-7-18(8-4-17)20(26)22-21-12-16-5-9-19(10-6-16)25(27)28/h3-12H,13H2,1-2H3,(H,22,26). The summed E-state index contributed by atoms with van der Waals surface area (Å²) in [4.78, 5) is 22.3. The van der Waals surface area contributed by atoms with Gasteiger partial charge in [0.05, 0.1) is 23.4 Å². The van der Waals surface area contributed by atoms with Crippen LogP contribution in [-0.2, 0) is 6.54 Å². The quantitative estimate of drug-likeness (QED) is 0.405. The van der Waals surface area contributed by atoms with Crippen molar-refractivity contribution in [3.8, 4) is 0 Å². The van der Waals surface area contributed by atoms with E-state index in [1.165, 1.54) is 18.3 Å². The van der Waals surface area contributed by atoms with Gasteiger partial charge < -0.3 is 0 Å². The Labute approximate surface area is 161 Å². The number of rotatable bonds is 6. The minimum absolute atomic E-state index is 0.00161. The molecule has 142 valence electrons. The number of nitro benzene ring substituents is 1. The second-order valence-corrected chi connectivity index (χ2v) is 6.33. The number of carbonyl (C=O) groups excluding carboxylic acids is 1. The monoisotopic (exact) mass is 377 g/mol. The molecule has 0 aliphatic carbocycles. The van der Waals surface area contributed by atoms with Crippen molar-refractivity contribution in [1.29, 1.82) is 0 Å². The fourth-order valence-corrected chi connectivity index (χ4v) is 2.68. The molecule has 0 bridgehead atoms. The number of hydrogen-bond acceptors (Lipinski definition) is 5. The van der Waals surface area contributed by atoms with Gasteiger partial charge in [0.25, 0.3) is 11.6 Å². The highest BCUT2D eigenvalue weighted by Crippen LogP contribution is 2.11. The molecule has 0 fully saturated rings. The molecule has 1 amide bonds. The van der Waals surface area contributed by atoms with Crippen LogP contribution in [0.2, 0.25) is 0 Å². The summed E-state index contributed by atoms with van der Waals surface area (Å²) < 4.78 is 1.92. The van der Waals surface area contributed by atoms with Crippen molar-refractivity contribution in [2.24, 2.45) is 5.10 Å². The zero-order chi connectivity index (χ0) is 20.1. The van der Waals surface area contributed by atoms with Crippen LogP contribution in [0.3, 0.4) is 0 Å². The number of amides is 1. The summed E-state index contributed by atoms with van der Waals surface area (Å²) in [7, 11) is 0. The second-order valence-electron chi connectivity index (χ2n) is 6.33. The van der Waals surface area contributed by atoms with Crippen molar-refractivity contribution >= 4 is 17.8 Å². The molecule has 0 aliphatic rings. The summed E-state index contributed by atoms with van der Waals surface area (Å²) >= 11 is 0. The van der Waals surface area contributed by atoms with E-state index in [1.54, 1.807) is 24.3 Å². The number of hydrazone groups is 1. The average Bonchev–Trinajstić information content (AvgIpc) is 2.99. The van der Waals surface area contributed by atoms with Gasteiger partial charge in [-0.05, 0) is 55.3 Å². The van der Waals surface area contributed by atoms with Gasteiger partial charge in [-0.3, -0.25) is 19.6 Å². The molecule has 0 saturated carbocycles. The molecule has 3 rings (SSSR count). The summed E-state index contributed by atoms with van der Waals surface area (Å²) in [6, 6.07) is 15.1. The SMILES string of the molecule is Cc1cc(C)n(Cc2ccc(C(=O)NN=Cc3ccc([N+](=O)[O-])cc3)cc2)n1. The fourth-order valence-electron chi connectivity index (χ4n) is 2.68. The molecule has 1 heterocycles. The van der Waals surface area contributed by atoms with Crippen molar-refractivity contribution in [3.63, 3.8) is 0 Å². The molecule has 0 atom stereocenters. The molecule has 28 heavy (non-hydrogen) atoms. The summed E-state index contributed by atoms with van der Waals surface area (Å²) in [5.74, 6) is -0.337. The van der Waals surface area contributed by atoms with E-state index in [2.05, 4.69) is 15.6 Å². The number of aromatic nitrogens is 2. The Kier molecular flexibility index (Phi) is 5.59. The van der Waals surface area contributed by atoms with E-state index < -0.39 is 4.92 Å². The number of carbonyl (C=O) groups is 1. The Balaban J connectivity index is 1.58. The molecular weight excluding hydrogens is 358 g/mol. The molecule has 0 radical (unpaired) electrons. The van der Waals surface area contributed by atoms with Crippen LogP contribution in [0, 0.1) is 24.0 Å². The van der Waals surface area contributed by atoms with Crippen LogP contribution in [-0.4, -0.2) is 26.8 Å². The van der Waals surface area contributed by atoms with Crippen molar-refractivity contribution in [3.05, 3.63) is 92.8 Å². The normalized spacial score (nSPS) is 10.9. The predicted octanol–water partition coefficient (Wildman–Crippen LogP) is 3.22. The smallest absolute Gasteiger partial charge is 0.267 e. The minimum atomic E-state index is -0.471. The number of non-ortho nitro benzene ring substituents is 1. The van der Waals surface area contributed by atoms with Gasteiger partial charge in [-0.25, -0.2) is 5.43 Å². The maximum absolute atomic E-state index is 12.2. The largest absolute Gasteiger partial charge is 0.271 e. The summed E-state index contributed by atoms with van der Waals surface area (Å²) in [5, 5.41) is 18.9. The van der Waals surface area contributed by atoms with Crippen LogP contribution in [0.25, 0.3) is 0 Å². The number of benzene rings is 2. The molecule has 1 N–H and O–H groups in total. The molecule has 3 aromatic rings. The van der Waals surface area contributed by atoms with Gasteiger partial charge in [-0.2, -0.15) is 10.2 Å². The lowest BCUT2D eigenvalue weighted by atomic mass is 10.1. The third-order valence-corrected chi connectivity index (χ3v) is 4.14. The van der Waals surface area contributed by atoms with Gasteiger partial charge in [0.15, 0.2) is 0 Å². The first-order valence-corrected chi connectivity index (χ1v) is 8.60. The molecule has 0 saturated heterocycles. The Morgan fingerprint density at radius 2 is 1.86 bits per heavy atom. The maximum atomic E-state index is 12.2. The number of aryl methyl sites for hydroxylation is 2. The number of nitrogens with zero attached hydrogens (tertiary/aromatic N) is 4. The highest BCUT2D eigenvalue weighted by molar-refractivity contribution is 5.94. The topological polar surface area (TPSA) is 102 Å². The lowest BCUT2D eigenvalue weighted by Crippen LogP contribution is -2.17. The molecule has 8 nitrogen and oxygen atoms in total. The molecule has 0 aliphatic heterocycles. The van der Waals surface area contributed by atoms with Crippen LogP contribution in [0.5, 0.6) is 0 Å². The van der Waals surface area contributed by atoms with Crippen LogP contribution in [0.15, 0.2) is 59.7 Å². The summed E-state index contributed by atoms with van der Waals surface area (Å²) in [5.41, 5.74) is 6.67. The van der Waals surface area contributed by atoms with E-state index >= 15 is 0 Å². The Hall–Kier alpha value is -3.81. The van der Waals surface area contributed by atoms with Crippen LogP contribution < -0.4 is 5.43 Å². The van der Waals surface area contributed by atoms with Gasteiger partial charge >= 0.3 is 0 Å². The summed E-state index contributed by atoms with van der Waals surface area (Å²) in [6.45, 7) is 4.60. The van der Waals surface area contributed by atoms with Crippen molar-refractivity contribution in [1.82, 2.24) is 15.2 Å². The highest BCUT2D eigenvalue weighted by Gasteiger charge is 2.06. The first-order chi connectivity index (χ1) is 13.4. The average molecular weight is 377 g/mol. The number of nitrogens with one attached hydrogen (secondary N) is 1. The third-order valence-electron chi connectivity index (χ3n) is 4.14. The maximum Gasteiger partial charge on any atom is 0.271 e. The number of hydrogen-bond donors (Lipinski definition) is 1. The molecule has 0 spiro atoms. The predicted molar refractivity (Wildman–Crippen MR) is 105 cm³/mol. The van der Waals surface area contributed by atoms with E-state index in [1.807, 2.05) is 36.7 Å². The lowest BCUT2D eigenvalue weighted by molar-refractivity contribution is -0.384. The molecule has 0 unspecified atom stereocenters. The Morgan fingerprint density at radius 1 is 1.18 bits per heavy atom. The summed E-state index contributed by atoms with van der Waals surface area (Å²) in [6.07, 6.45) is 1.43. The minimum Gasteiger partial charge on any atom is -0.267 e. The van der Waals surface area contributed by atoms with E-state index in [0.717, 1.165) is 17.0 Å². The van der Waals surface area contributed by atoms with E-state index in [0.29, 0.717) is 17.7 Å².